The van der Waals surface area contributed by atoms with Crippen molar-refractivity contribution in [3.05, 3.63) is 0 Å². The van der Waals surface area contributed by atoms with Gasteiger partial charge in [-0.1, -0.05) is 13.3 Å². The van der Waals surface area contributed by atoms with Crippen LogP contribution >= 0.6 is 0 Å². The Kier molecular flexibility index (Phi) is 5.32. The number of nitrogens with one attached hydrogen (secondary N) is 2. The zero-order valence-corrected chi connectivity index (χ0v) is 8.54. The van der Waals surface area contributed by atoms with Gasteiger partial charge in [0, 0.05) is 6.54 Å². The molecule has 0 spiro atoms. The van der Waals surface area contributed by atoms with E-state index in [4.69, 9.17) is 9.57 Å². The third kappa shape index (κ3) is 4.43. The van der Waals surface area contributed by atoms with Gasteiger partial charge >= 0.3 is 6.09 Å². The van der Waals surface area contributed by atoms with Gasteiger partial charge in [-0.05, 0) is 19.4 Å². The molecule has 0 aromatic carbocycles. The molecule has 0 aromatic rings. The number of hydrogen-bond acceptors (Lipinski definition) is 4. The molecule has 1 fully saturated rings. The summed E-state index contributed by atoms with van der Waals surface area (Å²) in [4.78, 5) is 16.1. The molecule has 82 valence electrons. The molecular formula is C9H18N2O3. The van der Waals surface area contributed by atoms with Crippen LogP contribution in [-0.2, 0) is 9.57 Å². The van der Waals surface area contributed by atoms with Crippen LogP contribution in [-0.4, -0.2) is 31.9 Å². The SMILES string of the molecule is CCCCOC(=O)NOC1CCNC1. The average molecular weight is 202 g/mol. The largest absolute Gasteiger partial charge is 0.448 e. The Morgan fingerprint density at radius 1 is 1.64 bits per heavy atom. The van der Waals surface area contributed by atoms with Gasteiger partial charge in [0.1, 0.15) is 0 Å². The molecule has 1 aliphatic heterocycles. The van der Waals surface area contributed by atoms with Crippen LogP contribution in [0.4, 0.5) is 4.79 Å². The summed E-state index contributed by atoms with van der Waals surface area (Å²) >= 11 is 0. The van der Waals surface area contributed by atoms with E-state index in [1.807, 2.05) is 6.92 Å². The molecule has 0 bridgehead atoms. The molecule has 1 saturated heterocycles. The van der Waals surface area contributed by atoms with E-state index in [0.717, 1.165) is 32.4 Å². The highest BCUT2D eigenvalue weighted by Gasteiger charge is 2.16. The number of carbonyl (C=O) groups is 1. The fourth-order valence-corrected chi connectivity index (χ4v) is 1.20. The van der Waals surface area contributed by atoms with Crippen LogP contribution in [0.1, 0.15) is 26.2 Å². The highest BCUT2D eigenvalue weighted by molar-refractivity contribution is 5.65. The Labute approximate surface area is 84.1 Å². The summed E-state index contributed by atoms with van der Waals surface area (Å²) < 4.78 is 4.85. The van der Waals surface area contributed by atoms with E-state index in [2.05, 4.69) is 10.8 Å². The van der Waals surface area contributed by atoms with Crippen molar-refractivity contribution in [3.63, 3.8) is 0 Å². The van der Waals surface area contributed by atoms with E-state index < -0.39 is 6.09 Å². The van der Waals surface area contributed by atoms with Crippen LogP contribution in [0.2, 0.25) is 0 Å². The molecule has 1 amide bonds. The van der Waals surface area contributed by atoms with Crippen LogP contribution < -0.4 is 10.8 Å². The van der Waals surface area contributed by atoms with Gasteiger partial charge in [-0.3, -0.25) is 4.84 Å². The van der Waals surface area contributed by atoms with Crippen molar-refractivity contribution in [3.8, 4) is 0 Å². The Hall–Kier alpha value is -0.810. The van der Waals surface area contributed by atoms with E-state index in [1.54, 1.807) is 0 Å². The number of ether oxygens (including phenoxy) is 1. The summed E-state index contributed by atoms with van der Waals surface area (Å²) in [7, 11) is 0. The highest BCUT2D eigenvalue weighted by Crippen LogP contribution is 2.00. The van der Waals surface area contributed by atoms with Crippen molar-refractivity contribution in [2.24, 2.45) is 0 Å². The summed E-state index contributed by atoms with van der Waals surface area (Å²) in [5, 5.41) is 3.13. The van der Waals surface area contributed by atoms with Crippen LogP contribution in [0.5, 0.6) is 0 Å². The molecule has 5 nitrogen and oxygen atoms in total. The zero-order valence-electron chi connectivity index (χ0n) is 8.54. The van der Waals surface area contributed by atoms with Gasteiger partial charge in [0.15, 0.2) is 0 Å². The van der Waals surface area contributed by atoms with Gasteiger partial charge in [0.2, 0.25) is 0 Å². The molecule has 1 heterocycles. The molecule has 2 N–H and O–H groups in total. The van der Waals surface area contributed by atoms with E-state index in [-0.39, 0.29) is 6.10 Å². The maximum absolute atomic E-state index is 11.0. The first kappa shape index (κ1) is 11.3. The smallest absolute Gasteiger partial charge is 0.431 e. The predicted octanol–water partition coefficient (Wildman–Crippen LogP) is 0.806. The molecule has 1 aliphatic rings. The van der Waals surface area contributed by atoms with Crippen molar-refractivity contribution < 1.29 is 14.4 Å². The Morgan fingerprint density at radius 3 is 3.14 bits per heavy atom. The van der Waals surface area contributed by atoms with Crippen LogP contribution in [0.15, 0.2) is 0 Å². The molecule has 5 heteroatoms. The lowest BCUT2D eigenvalue weighted by Crippen LogP contribution is -2.31. The fourth-order valence-electron chi connectivity index (χ4n) is 1.20. The topological polar surface area (TPSA) is 59.6 Å². The zero-order chi connectivity index (χ0) is 10.2. The van der Waals surface area contributed by atoms with Gasteiger partial charge in [0.25, 0.3) is 0 Å². The van der Waals surface area contributed by atoms with Gasteiger partial charge in [-0.15, -0.1) is 0 Å². The Balaban J connectivity index is 1.96. The molecule has 0 aromatic heterocycles. The molecule has 1 rings (SSSR count). The predicted molar refractivity (Wildman–Crippen MR) is 51.8 cm³/mol. The van der Waals surface area contributed by atoms with Gasteiger partial charge in [0.05, 0.1) is 12.7 Å². The summed E-state index contributed by atoms with van der Waals surface area (Å²) in [5.74, 6) is 0. The van der Waals surface area contributed by atoms with Crippen molar-refractivity contribution >= 4 is 6.09 Å². The minimum Gasteiger partial charge on any atom is -0.448 e. The number of rotatable bonds is 5. The van der Waals surface area contributed by atoms with Gasteiger partial charge < -0.3 is 10.1 Å². The van der Waals surface area contributed by atoms with Crippen molar-refractivity contribution in [1.82, 2.24) is 10.8 Å². The van der Waals surface area contributed by atoms with Gasteiger partial charge in [-0.25, -0.2) is 4.79 Å². The lowest BCUT2D eigenvalue weighted by Gasteiger charge is -2.10. The molecule has 1 unspecified atom stereocenters. The summed E-state index contributed by atoms with van der Waals surface area (Å²) in [5.41, 5.74) is 2.28. The third-order valence-corrected chi connectivity index (χ3v) is 2.06. The molecule has 1 atom stereocenters. The van der Waals surface area contributed by atoms with E-state index in [9.17, 15) is 4.79 Å². The lowest BCUT2D eigenvalue weighted by molar-refractivity contribution is -0.0143. The van der Waals surface area contributed by atoms with Crippen LogP contribution in [0.3, 0.4) is 0 Å². The maximum Gasteiger partial charge on any atom is 0.431 e. The maximum atomic E-state index is 11.0. The monoisotopic (exact) mass is 202 g/mol. The first-order chi connectivity index (χ1) is 6.83. The third-order valence-electron chi connectivity index (χ3n) is 2.06. The van der Waals surface area contributed by atoms with Crippen LogP contribution in [0.25, 0.3) is 0 Å². The highest BCUT2D eigenvalue weighted by atomic mass is 16.7. The van der Waals surface area contributed by atoms with Crippen LogP contribution in [0, 0.1) is 0 Å². The molecule has 14 heavy (non-hydrogen) atoms. The fraction of sp³-hybridized carbons (Fsp3) is 0.889. The number of amides is 1. The first-order valence-electron chi connectivity index (χ1n) is 5.12. The number of hydroxylamine groups is 1. The second-order valence-electron chi connectivity index (χ2n) is 3.32. The minimum atomic E-state index is -0.495. The minimum absolute atomic E-state index is 0.0775. The van der Waals surface area contributed by atoms with Crippen molar-refractivity contribution in [2.45, 2.75) is 32.3 Å². The second kappa shape index (κ2) is 6.62. The van der Waals surface area contributed by atoms with E-state index in [0.29, 0.717) is 6.61 Å². The van der Waals surface area contributed by atoms with Crippen molar-refractivity contribution in [1.29, 1.82) is 0 Å². The van der Waals surface area contributed by atoms with E-state index in [1.165, 1.54) is 0 Å². The quantitative estimate of drug-likeness (QED) is 0.511. The number of unbranched alkanes of at least 4 members (excludes halogenated alkanes) is 1. The Morgan fingerprint density at radius 2 is 2.50 bits per heavy atom. The normalized spacial score (nSPS) is 20.8. The van der Waals surface area contributed by atoms with Gasteiger partial charge in [-0.2, -0.15) is 5.48 Å². The summed E-state index contributed by atoms with van der Waals surface area (Å²) in [6.45, 7) is 4.23. The summed E-state index contributed by atoms with van der Waals surface area (Å²) in [6.07, 6.45) is 2.41. The molecular weight excluding hydrogens is 184 g/mol. The standard InChI is InChI=1S/C9H18N2O3/c1-2-3-6-13-9(12)11-14-8-4-5-10-7-8/h8,10H,2-7H2,1H3,(H,11,12). The molecule has 0 aliphatic carbocycles. The molecule has 0 radical (unpaired) electrons. The molecule has 0 saturated carbocycles. The average Bonchev–Trinajstić information content (AvgIpc) is 2.68. The Bertz CT molecular complexity index is 169. The first-order valence-corrected chi connectivity index (χ1v) is 5.12. The van der Waals surface area contributed by atoms with Crippen molar-refractivity contribution in [2.75, 3.05) is 19.7 Å². The van der Waals surface area contributed by atoms with E-state index >= 15 is 0 Å². The number of hydrogen-bond donors (Lipinski definition) is 2. The number of carbonyl (C=O) groups excluding carboxylic acids is 1. The summed E-state index contributed by atoms with van der Waals surface area (Å²) in [6, 6.07) is 0. The lowest BCUT2D eigenvalue weighted by atomic mass is 10.3. The second-order valence-corrected chi connectivity index (χ2v) is 3.32.